The van der Waals surface area contributed by atoms with Crippen LogP contribution in [0.15, 0.2) is 59.1 Å². The van der Waals surface area contributed by atoms with Crippen LogP contribution >= 0.6 is 0 Å². The van der Waals surface area contributed by atoms with Crippen LogP contribution in [0.5, 0.6) is 0 Å². The van der Waals surface area contributed by atoms with Crippen LogP contribution in [-0.2, 0) is 11.2 Å². The van der Waals surface area contributed by atoms with Crippen LogP contribution in [0.3, 0.4) is 0 Å². The topological polar surface area (TPSA) is 83.8 Å². The van der Waals surface area contributed by atoms with Crippen molar-refractivity contribution in [1.29, 1.82) is 0 Å². The first-order chi connectivity index (χ1) is 13.4. The number of benzene rings is 2. The molecular formula is C22H22N4O2. The third-order valence-corrected chi connectivity index (χ3v) is 4.55. The maximum atomic E-state index is 11.4. The Bertz CT molecular complexity index is 1090. The zero-order chi connectivity index (χ0) is 19.7. The first-order valence-electron chi connectivity index (χ1n) is 9.19. The maximum Gasteiger partial charge on any atom is 0.231 e. The Morgan fingerprint density at radius 3 is 2.61 bits per heavy atom. The van der Waals surface area contributed by atoms with Crippen molar-refractivity contribution in [3.63, 3.8) is 0 Å². The molecule has 0 radical (unpaired) electrons. The van der Waals surface area contributed by atoms with Gasteiger partial charge in [-0.1, -0.05) is 36.4 Å². The Labute approximate surface area is 163 Å². The van der Waals surface area contributed by atoms with E-state index < -0.39 is 0 Å². The summed E-state index contributed by atoms with van der Waals surface area (Å²) >= 11 is 0. The Morgan fingerprint density at radius 1 is 1.14 bits per heavy atom. The fourth-order valence-corrected chi connectivity index (χ4v) is 3.47. The number of oxazole rings is 1. The van der Waals surface area contributed by atoms with Crippen molar-refractivity contribution in [2.24, 2.45) is 0 Å². The number of H-pyrrole nitrogens is 1. The highest BCUT2D eigenvalue weighted by atomic mass is 16.3. The monoisotopic (exact) mass is 374 g/mol. The van der Waals surface area contributed by atoms with E-state index >= 15 is 0 Å². The number of rotatable bonds is 5. The number of amides is 1. The summed E-state index contributed by atoms with van der Waals surface area (Å²) in [7, 11) is 0. The van der Waals surface area contributed by atoms with Gasteiger partial charge in [0.2, 0.25) is 11.8 Å². The van der Waals surface area contributed by atoms with Crippen molar-refractivity contribution in [2.45, 2.75) is 32.7 Å². The van der Waals surface area contributed by atoms with Gasteiger partial charge in [-0.05, 0) is 38.0 Å². The Balaban J connectivity index is 1.61. The normalized spacial score (nSPS) is 11.7. The number of para-hydroxylation sites is 2. The summed E-state index contributed by atoms with van der Waals surface area (Å²) < 4.78 is 5.89. The van der Waals surface area contributed by atoms with Gasteiger partial charge in [0, 0.05) is 24.2 Å². The highest BCUT2D eigenvalue weighted by Crippen LogP contribution is 2.32. The highest BCUT2D eigenvalue weighted by Gasteiger charge is 2.20. The van der Waals surface area contributed by atoms with Crippen molar-refractivity contribution in [3.05, 3.63) is 60.3 Å². The Hall–Kier alpha value is -3.41. The first kappa shape index (κ1) is 18.0. The number of aromatic amines is 1. The fourth-order valence-electron chi connectivity index (χ4n) is 3.47. The van der Waals surface area contributed by atoms with E-state index in [1.54, 1.807) is 6.20 Å². The quantitative estimate of drug-likeness (QED) is 0.544. The predicted molar refractivity (Wildman–Crippen MR) is 109 cm³/mol. The summed E-state index contributed by atoms with van der Waals surface area (Å²) in [6.45, 7) is 5.57. The molecule has 0 aliphatic rings. The molecule has 1 amide bonds. The molecule has 2 N–H and O–H groups in total. The zero-order valence-electron chi connectivity index (χ0n) is 16.1. The third kappa shape index (κ3) is 3.67. The summed E-state index contributed by atoms with van der Waals surface area (Å²) in [5, 5.41) is 10.3. The predicted octanol–water partition coefficient (Wildman–Crippen LogP) is 4.34. The minimum absolute atomic E-state index is 0.0267. The standard InChI is InChI=1S/C22H22N4O2/c1-14(27)25-22(2,3)12-15-8-10-16(11-9-15)20-17(13-23-26-20)21-24-18-6-4-5-7-19(18)28-21/h4-11,13H,12H2,1-3H3,(H,23,26)(H,25,27). The second-order valence-corrected chi connectivity index (χ2v) is 7.57. The molecule has 0 unspecified atom stereocenters. The van der Waals surface area contributed by atoms with Crippen LogP contribution in [-0.4, -0.2) is 26.6 Å². The van der Waals surface area contributed by atoms with E-state index in [0.29, 0.717) is 5.89 Å². The molecule has 0 atom stereocenters. The van der Waals surface area contributed by atoms with Crippen molar-refractivity contribution in [1.82, 2.24) is 20.5 Å². The average molecular weight is 374 g/mol. The van der Waals surface area contributed by atoms with Crippen molar-refractivity contribution in [3.8, 4) is 22.7 Å². The Kier molecular flexibility index (Phi) is 4.47. The number of hydrogen-bond donors (Lipinski definition) is 2. The summed E-state index contributed by atoms with van der Waals surface area (Å²) in [6, 6.07) is 15.9. The molecular weight excluding hydrogens is 352 g/mol. The van der Waals surface area contributed by atoms with Gasteiger partial charge in [0.25, 0.3) is 0 Å². The molecule has 0 spiro atoms. The molecule has 0 saturated carbocycles. The van der Waals surface area contributed by atoms with Crippen LogP contribution in [0.2, 0.25) is 0 Å². The molecule has 0 aliphatic heterocycles. The number of nitrogens with one attached hydrogen (secondary N) is 2. The molecule has 0 fully saturated rings. The molecule has 0 aliphatic carbocycles. The first-order valence-corrected chi connectivity index (χ1v) is 9.19. The largest absolute Gasteiger partial charge is 0.436 e. The van der Waals surface area contributed by atoms with E-state index in [4.69, 9.17) is 4.42 Å². The molecule has 28 heavy (non-hydrogen) atoms. The van der Waals surface area contributed by atoms with Gasteiger partial charge in [0.1, 0.15) is 11.2 Å². The van der Waals surface area contributed by atoms with Gasteiger partial charge >= 0.3 is 0 Å². The SMILES string of the molecule is CC(=O)NC(C)(C)Cc1ccc(-c2n[nH]cc2-c2nc3ccccc3o2)cc1. The number of fused-ring (bicyclic) bond motifs is 1. The molecule has 2 aromatic carbocycles. The molecule has 4 rings (SSSR count). The van der Waals surface area contributed by atoms with Crippen LogP contribution in [0.1, 0.15) is 26.3 Å². The van der Waals surface area contributed by atoms with Crippen molar-refractivity contribution < 1.29 is 9.21 Å². The van der Waals surface area contributed by atoms with Crippen LogP contribution in [0.25, 0.3) is 33.8 Å². The van der Waals surface area contributed by atoms with Gasteiger partial charge in [-0.15, -0.1) is 0 Å². The summed E-state index contributed by atoms with van der Waals surface area (Å²) in [4.78, 5) is 15.9. The van der Waals surface area contributed by atoms with Gasteiger partial charge < -0.3 is 9.73 Å². The number of carbonyl (C=O) groups excluding carboxylic acids is 1. The van der Waals surface area contributed by atoms with Crippen LogP contribution in [0.4, 0.5) is 0 Å². The van der Waals surface area contributed by atoms with E-state index in [1.165, 1.54) is 6.92 Å². The molecule has 2 heterocycles. The number of aromatic nitrogens is 3. The van der Waals surface area contributed by atoms with Crippen LogP contribution < -0.4 is 5.32 Å². The van der Waals surface area contributed by atoms with E-state index in [-0.39, 0.29) is 11.4 Å². The average Bonchev–Trinajstić information content (AvgIpc) is 3.27. The maximum absolute atomic E-state index is 11.4. The summed E-state index contributed by atoms with van der Waals surface area (Å²) in [5.41, 5.74) is 4.99. The third-order valence-electron chi connectivity index (χ3n) is 4.55. The minimum atomic E-state index is -0.303. The lowest BCUT2D eigenvalue weighted by molar-refractivity contribution is -0.120. The number of hydrogen-bond acceptors (Lipinski definition) is 4. The smallest absolute Gasteiger partial charge is 0.231 e. The summed E-state index contributed by atoms with van der Waals surface area (Å²) in [5.74, 6) is 0.516. The molecule has 0 saturated heterocycles. The van der Waals surface area contributed by atoms with Crippen molar-refractivity contribution in [2.75, 3.05) is 0 Å². The minimum Gasteiger partial charge on any atom is -0.436 e. The summed E-state index contributed by atoms with van der Waals surface area (Å²) in [6.07, 6.45) is 2.54. The van der Waals surface area contributed by atoms with Gasteiger partial charge in [-0.25, -0.2) is 4.98 Å². The second kappa shape index (κ2) is 6.96. The number of nitrogens with zero attached hydrogens (tertiary/aromatic N) is 2. The lowest BCUT2D eigenvalue weighted by Crippen LogP contribution is -2.43. The van der Waals surface area contributed by atoms with Crippen LogP contribution in [0, 0.1) is 0 Å². The van der Waals surface area contributed by atoms with E-state index in [1.807, 2.05) is 50.2 Å². The lowest BCUT2D eigenvalue weighted by atomic mass is 9.94. The molecule has 2 aromatic heterocycles. The second-order valence-electron chi connectivity index (χ2n) is 7.57. The molecule has 6 nitrogen and oxygen atoms in total. The van der Waals surface area contributed by atoms with Gasteiger partial charge in [-0.2, -0.15) is 5.10 Å². The lowest BCUT2D eigenvalue weighted by Gasteiger charge is -2.25. The van der Waals surface area contributed by atoms with Gasteiger partial charge in [0.15, 0.2) is 5.58 Å². The number of carbonyl (C=O) groups is 1. The van der Waals surface area contributed by atoms with Crippen molar-refractivity contribution >= 4 is 17.0 Å². The van der Waals surface area contributed by atoms with E-state index in [0.717, 1.165) is 39.9 Å². The fraction of sp³-hybridized carbons (Fsp3) is 0.227. The zero-order valence-corrected chi connectivity index (χ0v) is 16.1. The Morgan fingerprint density at radius 2 is 1.89 bits per heavy atom. The molecule has 0 bridgehead atoms. The highest BCUT2D eigenvalue weighted by molar-refractivity contribution is 5.81. The van der Waals surface area contributed by atoms with E-state index in [9.17, 15) is 4.79 Å². The van der Waals surface area contributed by atoms with Gasteiger partial charge in [0.05, 0.1) is 5.56 Å². The molecule has 142 valence electrons. The molecule has 6 heteroatoms. The van der Waals surface area contributed by atoms with Gasteiger partial charge in [-0.3, -0.25) is 9.89 Å². The van der Waals surface area contributed by atoms with E-state index in [2.05, 4.69) is 32.6 Å². The molecule has 4 aromatic rings.